The zero-order chi connectivity index (χ0) is 90.6. The molecule has 0 spiro atoms. The molecular weight excluding hydrogens is 1560 g/mol. The van der Waals surface area contributed by atoms with Crippen molar-refractivity contribution in [2.45, 2.75) is 275 Å². The van der Waals surface area contributed by atoms with Gasteiger partial charge in [0.1, 0.15) is 88.6 Å². The number of ether oxygens (including phenoxy) is 3. The molecule has 3 heterocycles. The second-order valence-corrected chi connectivity index (χ2v) is 34.7. The molecule has 10 N–H and O–H groups in total. The van der Waals surface area contributed by atoms with Gasteiger partial charge in [0.15, 0.2) is 12.1 Å². The number of nitro benzene ring substituents is 5. The molecule has 0 radical (unpaired) electrons. The van der Waals surface area contributed by atoms with Gasteiger partial charge in [-0.3, -0.25) is 74.5 Å². The predicted octanol–water partition coefficient (Wildman–Crippen LogP) is 12.7. The fraction of sp³-hybridized carbons (Fsp3) is 0.583. The molecule has 120 heavy (non-hydrogen) atoms. The molecule has 4 unspecified atom stereocenters. The number of unbranched alkanes of at least 4 members (excludes halogenated alkanes) is 1. The van der Waals surface area contributed by atoms with Crippen molar-refractivity contribution in [3.05, 3.63) is 169 Å². The van der Waals surface area contributed by atoms with Crippen molar-refractivity contribution >= 4 is 85.6 Å². The number of non-ortho nitro benzene ring substituents is 2. The first-order valence-electron chi connectivity index (χ1n) is 39.7. The summed E-state index contributed by atoms with van der Waals surface area (Å²) in [5.74, 6) is -0.242. The number of hydrogen-bond donors (Lipinski definition) is 10. The number of fused-ring (bicyclic) bond motifs is 1. The monoisotopic (exact) mass is 1680 g/mol. The van der Waals surface area contributed by atoms with E-state index in [4.69, 9.17) is 14.2 Å². The molecule has 1 aromatic heterocycles. The molecule has 662 valence electrons. The number of amides is 1. The normalized spacial score (nSPS) is 19.3. The quantitative estimate of drug-likeness (QED) is 0.00791. The summed E-state index contributed by atoms with van der Waals surface area (Å²) in [5.41, 5.74) is 5.91. The molecule has 0 saturated carbocycles. The molecule has 1 amide bonds. The van der Waals surface area contributed by atoms with Crippen LogP contribution in [-0.2, 0) is 57.4 Å². The van der Waals surface area contributed by atoms with Crippen LogP contribution in [0.3, 0.4) is 0 Å². The fourth-order valence-electron chi connectivity index (χ4n) is 12.9. The van der Waals surface area contributed by atoms with Crippen LogP contribution in [0, 0.1) is 93.0 Å². The van der Waals surface area contributed by atoms with Crippen LogP contribution in [0.2, 0.25) is 0 Å². The van der Waals surface area contributed by atoms with Crippen molar-refractivity contribution in [2.75, 3.05) is 35.7 Å². The lowest BCUT2D eigenvalue weighted by molar-refractivity contribution is -0.394. The highest BCUT2D eigenvalue weighted by atomic mass is 16.7. The molecule has 2 saturated heterocycles. The lowest BCUT2D eigenvalue weighted by Crippen LogP contribution is -2.64. The Morgan fingerprint density at radius 3 is 1.69 bits per heavy atom. The first-order chi connectivity index (χ1) is 55.8. The van der Waals surface area contributed by atoms with Gasteiger partial charge in [-0.2, -0.15) is 0 Å². The number of benzene rings is 5. The smallest absolute Gasteiger partial charge is 0.299 e. The number of aromatic nitrogens is 2. The highest BCUT2D eigenvalue weighted by Crippen LogP contribution is 2.37. The van der Waals surface area contributed by atoms with Crippen LogP contribution in [0.15, 0.2) is 89.6 Å². The largest absolute Gasteiger partial charge is 0.394 e. The number of aryl methyl sites for hydroxylation is 5. The summed E-state index contributed by atoms with van der Waals surface area (Å²) in [4.78, 5) is 112. The van der Waals surface area contributed by atoms with Gasteiger partial charge in [-0.25, -0.2) is 4.63 Å². The number of nitrogens with one attached hydrogen (secondary N) is 3. The molecule has 0 aliphatic carbocycles. The lowest BCUT2D eigenvalue weighted by atomic mass is 9.84. The minimum absolute atomic E-state index is 0.00754. The third kappa shape index (κ3) is 33.5. The average Bonchev–Trinajstić information content (AvgIpc) is 0.964. The summed E-state index contributed by atoms with van der Waals surface area (Å²) in [6.45, 7) is 31.6. The van der Waals surface area contributed by atoms with Crippen molar-refractivity contribution in [2.24, 2.45) is 21.7 Å². The van der Waals surface area contributed by atoms with Crippen molar-refractivity contribution in [3.63, 3.8) is 0 Å². The van der Waals surface area contributed by atoms with Crippen LogP contribution in [0.5, 0.6) is 0 Å². The van der Waals surface area contributed by atoms with Crippen molar-refractivity contribution in [1.29, 1.82) is 0 Å². The van der Waals surface area contributed by atoms with Crippen LogP contribution in [0.1, 0.15) is 201 Å². The van der Waals surface area contributed by atoms with Gasteiger partial charge in [-0.15, -0.1) is 0 Å². The number of ketones is 4. The number of nitro groups is 5. The van der Waals surface area contributed by atoms with Gasteiger partial charge in [-0.05, 0) is 164 Å². The summed E-state index contributed by atoms with van der Waals surface area (Å²) < 4.78 is 21.2. The molecule has 2 aliphatic rings. The number of anilines is 3. The summed E-state index contributed by atoms with van der Waals surface area (Å²) in [7, 11) is 0. The number of aliphatic hydroxyl groups excluding tert-OH is 7. The summed E-state index contributed by atoms with van der Waals surface area (Å²) in [5, 5.41) is 142. The second kappa shape index (κ2) is 46.6. The standard InChI is InChI=1S/C23H29N5O7.C22H31NO4.C18H34O10.C12H16N2O4.C9H10N2O/c1-15-8-10-17(20(13-15)27(32)33)24-12-6-5-7-19(22(29)23(2,3)4)25-18-11-9-16(26(30)31)14-21(18)28(34)35;1-16(24)14-19(25)13-10-17-8-11-18(12-9-17)23-21(27)7-5-6-20(26)15-22(2,3)4;1-18(2,3)5-4-8-12(22)16(13(23)10(7-20)26-8)28-17-15(25)14(24)11(21)9(6-19)27-17;1-8-5-9(13(15)16)6-11(14(17)18)10(8)7-12(2,3)4;1-3-7-5-4-6(2)8-9(7)11-12-10-8/h8-11,13-14,19,24-25H,5-7,12H2,1-4H3;8-9,11-12H,5-7,10,13-15H2,1-4H3,(H,23,27);8-17,19-25H,4-7H2,1-3H3;5-6H,7H2,1-4H3;4-5H,3H2,1-2H3/t19-;;8-,9?,10?,11-,12?,13-,14-,15?,16+,17-;;/m0.0../s1. The van der Waals surface area contributed by atoms with Crippen molar-refractivity contribution < 1.29 is 103 Å². The van der Waals surface area contributed by atoms with E-state index in [0.717, 1.165) is 52.3 Å². The highest BCUT2D eigenvalue weighted by molar-refractivity contribution is 5.98. The molecular formula is C84H120N10O26. The van der Waals surface area contributed by atoms with Gasteiger partial charge >= 0.3 is 0 Å². The zero-order valence-corrected chi connectivity index (χ0v) is 71.5. The molecule has 5 aromatic carbocycles. The third-order valence-corrected chi connectivity index (χ3v) is 19.2. The summed E-state index contributed by atoms with van der Waals surface area (Å²) in [6.07, 6.45) is -6.42. The maximum Gasteiger partial charge on any atom is 0.299 e. The molecule has 36 nitrogen and oxygen atoms in total. The maximum absolute atomic E-state index is 13.0. The zero-order valence-electron chi connectivity index (χ0n) is 71.5. The Labute approximate surface area is 697 Å². The SMILES string of the molecule is CC(=O)CC(=O)CCc1ccc(NC(=O)CCCC(=O)CC(C)(C)C)cc1.CC(C)(C)CC[C@@H]1OC(CO)[C@H](O)[C@H](O[C@@H]2OC(CO)[C@H](O)[C@H](O)C2O)C1O.CCc1ccc(C)c2nonc12.Cc1cc([N+](=O)[O-])cc([N+](=O)[O-])c1CC(C)(C)C.Cc1ccc(NCCCC[C@H](Nc2ccc([N+](=O)[O-])cc2[N+](=O)[O-])C(=O)C(C)(C)C)c([N+](=O)[O-])c1. The van der Waals surface area contributed by atoms with Gasteiger partial charge in [-0.1, -0.05) is 120 Å². The average molecular weight is 1690 g/mol. The van der Waals surface area contributed by atoms with E-state index >= 15 is 0 Å². The van der Waals surface area contributed by atoms with E-state index in [1.165, 1.54) is 30.7 Å². The molecule has 36 heteroatoms. The number of carbonyl (C=O) groups excluding carboxylic acids is 5. The van der Waals surface area contributed by atoms with Crippen LogP contribution in [0.25, 0.3) is 11.0 Å². The predicted molar refractivity (Wildman–Crippen MR) is 447 cm³/mol. The van der Waals surface area contributed by atoms with Gasteiger partial charge in [0.2, 0.25) is 5.91 Å². The van der Waals surface area contributed by atoms with E-state index < -0.39 is 122 Å². The Kier molecular flexibility index (Phi) is 39.7. The number of carbonyl (C=O) groups is 5. The Morgan fingerprint density at radius 1 is 0.567 bits per heavy atom. The number of Topliss-reactive ketones (excluding diaryl/α,β-unsaturated/α-hetero) is 4. The van der Waals surface area contributed by atoms with Gasteiger partial charge in [0.05, 0.1) is 68.5 Å². The van der Waals surface area contributed by atoms with Crippen LogP contribution in [0.4, 0.5) is 45.5 Å². The minimum atomic E-state index is -1.67. The Bertz CT molecular complexity index is 4450. The Balaban J connectivity index is 0.000000326. The second-order valence-electron chi connectivity index (χ2n) is 34.7. The van der Waals surface area contributed by atoms with Gasteiger partial charge in [0, 0.05) is 67.1 Å². The van der Waals surface area contributed by atoms with Crippen molar-refractivity contribution in [3.8, 4) is 0 Å². The Hall–Kier alpha value is -10.2. The Morgan fingerprint density at radius 2 is 1.14 bits per heavy atom. The molecule has 8 rings (SSSR count). The number of rotatable bonds is 33. The minimum Gasteiger partial charge on any atom is -0.394 e. The topological polar surface area (TPSA) is 545 Å². The lowest BCUT2D eigenvalue weighted by Gasteiger charge is -2.46. The molecule has 11 atom stereocenters. The van der Waals surface area contributed by atoms with Crippen LogP contribution >= 0.6 is 0 Å². The maximum atomic E-state index is 13.0. The van der Waals surface area contributed by atoms with E-state index in [9.17, 15) is 110 Å². The first kappa shape index (κ1) is 102. The van der Waals surface area contributed by atoms with E-state index in [1.807, 2.05) is 87.4 Å². The molecule has 2 fully saturated rings. The van der Waals surface area contributed by atoms with E-state index in [2.05, 4.69) is 43.9 Å². The van der Waals surface area contributed by atoms with Gasteiger partial charge < -0.3 is 65.9 Å². The number of aliphatic hydroxyl groups is 7. The summed E-state index contributed by atoms with van der Waals surface area (Å²) >= 11 is 0. The molecule has 6 aromatic rings. The summed E-state index contributed by atoms with van der Waals surface area (Å²) in [6, 6.07) is 21.3. The van der Waals surface area contributed by atoms with E-state index in [1.54, 1.807) is 58.9 Å². The number of nitrogens with zero attached hydrogens (tertiary/aromatic N) is 7. The number of hydrogen-bond acceptors (Lipinski definition) is 30. The fourth-order valence-corrected chi connectivity index (χ4v) is 12.9. The van der Waals surface area contributed by atoms with Crippen molar-refractivity contribution in [1.82, 2.24) is 10.3 Å². The van der Waals surface area contributed by atoms with Crippen LogP contribution in [-0.4, -0.2) is 187 Å². The molecule has 2 aliphatic heterocycles. The third-order valence-electron chi connectivity index (χ3n) is 19.2. The highest BCUT2D eigenvalue weighted by Gasteiger charge is 2.51. The van der Waals surface area contributed by atoms with E-state index in [0.29, 0.717) is 106 Å². The van der Waals surface area contributed by atoms with E-state index in [-0.39, 0.29) is 74.5 Å². The molecule has 0 bridgehead atoms. The van der Waals surface area contributed by atoms with Crippen LogP contribution < -0.4 is 16.0 Å². The van der Waals surface area contributed by atoms with Gasteiger partial charge in [0.25, 0.3) is 28.4 Å². The first-order valence-corrected chi connectivity index (χ1v) is 39.7.